The average molecular weight is 476 g/mol. The molecular weight excluding hydrogens is 442 g/mol. The summed E-state index contributed by atoms with van der Waals surface area (Å²) < 4.78 is 11.5. The zero-order valence-corrected chi connectivity index (χ0v) is 21.3. The number of nitrogens with zero attached hydrogens (tertiary/aromatic N) is 2. The molecule has 7 heteroatoms. The van der Waals surface area contributed by atoms with Crippen molar-refractivity contribution in [3.05, 3.63) is 71.0 Å². The molecule has 1 aliphatic heterocycles. The van der Waals surface area contributed by atoms with Gasteiger partial charge in [0.05, 0.1) is 24.2 Å². The number of benzene rings is 2. The van der Waals surface area contributed by atoms with Crippen LogP contribution < -0.4 is 10.1 Å². The van der Waals surface area contributed by atoms with Gasteiger partial charge in [0, 0.05) is 28.4 Å². The fourth-order valence-corrected chi connectivity index (χ4v) is 4.33. The third-order valence-corrected chi connectivity index (χ3v) is 6.06. The van der Waals surface area contributed by atoms with E-state index in [0.717, 1.165) is 27.6 Å². The molecule has 0 bridgehead atoms. The minimum atomic E-state index is -0.687. The van der Waals surface area contributed by atoms with Crippen LogP contribution in [-0.2, 0) is 16.8 Å². The number of carbonyl (C=O) groups excluding carboxylic acids is 2. The van der Waals surface area contributed by atoms with Crippen LogP contribution in [0.3, 0.4) is 0 Å². The highest BCUT2D eigenvalue weighted by atomic mass is 16.6. The number of ether oxygens (including phenoxy) is 2. The van der Waals surface area contributed by atoms with Crippen molar-refractivity contribution in [1.29, 1.82) is 0 Å². The van der Waals surface area contributed by atoms with Crippen molar-refractivity contribution in [2.45, 2.75) is 59.2 Å². The van der Waals surface area contributed by atoms with Gasteiger partial charge in [-0.05, 0) is 53.0 Å². The number of pyridine rings is 1. The molecule has 0 saturated heterocycles. The first-order valence-electron chi connectivity index (χ1n) is 11.9. The summed E-state index contributed by atoms with van der Waals surface area (Å²) in [6.07, 6.45) is 1.43. The highest BCUT2D eigenvalue weighted by molar-refractivity contribution is 5.98. The van der Waals surface area contributed by atoms with Gasteiger partial charge in [-0.3, -0.25) is 9.78 Å². The zero-order valence-electron chi connectivity index (χ0n) is 21.3. The molecule has 1 N–H and O–H groups in total. The second kappa shape index (κ2) is 9.21. The van der Waals surface area contributed by atoms with Crippen LogP contribution in [0, 0.1) is 6.92 Å². The van der Waals surface area contributed by atoms with E-state index in [0.29, 0.717) is 24.4 Å². The van der Waals surface area contributed by atoms with Crippen LogP contribution in [0.25, 0.3) is 10.8 Å². The van der Waals surface area contributed by atoms with Crippen LogP contribution in [0.4, 0.5) is 4.79 Å². The molecule has 1 aliphatic rings. The van der Waals surface area contributed by atoms with Crippen molar-refractivity contribution >= 4 is 22.8 Å². The van der Waals surface area contributed by atoms with E-state index in [1.165, 1.54) is 0 Å². The summed E-state index contributed by atoms with van der Waals surface area (Å²) in [5.41, 5.74) is 1.81. The molecule has 2 aromatic carbocycles. The number of para-hydroxylation sites is 1. The molecule has 0 atom stereocenters. The summed E-state index contributed by atoms with van der Waals surface area (Å²) >= 11 is 0. The molecule has 0 radical (unpaired) electrons. The zero-order chi connectivity index (χ0) is 25.4. The first-order valence-corrected chi connectivity index (χ1v) is 11.9. The molecule has 2 amide bonds. The summed E-state index contributed by atoms with van der Waals surface area (Å²) in [4.78, 5) is 32.3. The van der Waals surface area contributed by atoms with Crippen LogP contribution in [0.2, 0.25) is 0 Å². The number of hydrogen-bond acceptors (Lipinski definition) is 5. The van der Waals surface area contributed by atoms with Crippen molar-refractivity contribution in [2.75, 3.05) is 13.2 Å². The van der Waals surface area contributed by atoms with Gasteiger partial charge in [0.1, 0.15) is 18.0 Å². The Kier molecular flexibility index (Phi) is 6.45. The standard InChI is InChI=1S/C28H33N3O4/c1-18-20-11-7-8-12-21(20)23(16-29-18)28(5,6)30-25(32)22-13-9-10-19-17-31(14-15-34-24(19)22)26(33)35-27(2,3)4/h7-13,16H,14-15,17H2,1-6H3,(H,30,32). The van der Waals surface area contributed by atoms with Crippen molar-refractivity contribution < 1.29 is 19.1 Å². The van der Waals surface area contributed by atoms with Crippen LogP contribution in [0.15, 0.2) is 48.7 Å². The highest BCUT2D eigenvalue weighted by Gasteiger charge is 2.30. The first-order chi connectivity index (χ1) is 16.5. The lowest BCUT2D eigenvalue weighted by atomic mass is 9.90. The Morgan fingerprint density at radius 3 is 2.46 bits per heavy atom. The Hall–Kier alpha value is -3.61. The van der Waals surface area contributed by atoms with E-state index >= 15 is 0 Å². The van der Waals surface area contributed by atoms with Crippen LogP contribution in [0.5, 0.6) is 5.75 Å². The first kappa shape index (κ1) is 24.5. The lowest BCUT2D eigenvalue weighted by molar-refractivity contribution is 0.0225. The van der Waals surface area contributed by atoms with E-state index in [-0.39, 0.29) is 12.5 Å². The smallest absolute Gasteiger partial charge is 0.410 e. The van der Waals surface area contributed by atoms with Crippen LogP contribution in [0.1, 0.15) is 61.8 Å². The van der Waals surface area contributed by atoms with E-state index < -0.39 is 17.2 Å². The topological polar surface area (TPSA) is 80.8 Å². The molecule has 1 aromatic heterocycles. The molecule has 0 fully saturated rings. The number of aryl methyl sites for hydroxylation is 1. The van der Waals surface area contributed by atoms with Gasteiger partial charge in [-0.15, -0.1) is 0 Å². The van der Waals surface area contributed by atoms with Crippen molar-refractivity contribution in [1.82, 2.24) is 15.2 Å². The molecule has 7 nitrogen and oxygen atoms in total. The number of rotatable bonds is 3. The van der Waals surface area contributed by atoms with Gasteiger partial charge < -0.3 is 19.7 Å². The predicted molar refractivity (Wildman–Crippen MR) is 136 cm³/mol. The molecule has 184 valence electrons. The maximum atomic E-state index is 13.5. The second-order valence-corrected chi connectivity index (χ2v) is 10.4. The summed E-state index contributed by atoms with van der Waals surface area (Å²) in [6.45, 7) is 12.4. The Bertz CT molecular complexity index is 1280. The molecule has 0 aliphatic carbocycles. The quantitative estimate of drug-likeness (QED) is 0.553. The second-order valence-electron chi connectivity index (χ2n) is 10.4. The highest BCUT2D eigenvalue weighted by Crippen LogP contribution is 2.32. The number of amides is 2. The largest absolute Gasteiger partial charge is 0.491 e. The molecule has 4 rings (SSSR count). The van der Waals surface area contributed by atoms with Crippen molar-refractivity contribution in [3.8, 4) is 5.75 Å². The van der Waals surface area contributed by atoms with E-state index in [1.54, 1.807) is 11.0 Å². The normalized spacial score (nSPS) is 14.1. The number of hydrogen-bond donors (Lipinski definition) is 1. The van der Waals surface area contributed by atoms with E-state index in [4.69, 9.17) is 9.47 Å². The molecule has 0 saturated carbocycles. The lowest BCUT2D eigenvalue weighted by Gasteiger charge is -2.29. The third-order valence-electron chi connectivity index (χ3n) is 6.06. The average Bonchev–Trinajstić information content (AvgIpc) is 3.00. The van der Waals surface area contributed by atoms with E-state index in [2.05, 4.69) is 16.4 Å². The SMILES string of the molecule is Cc1ncc(C(C)(C)NC(=O)c2cccc3c2OCCN(C(=O)OC(C)(C)C)C3)c2ccccc12. The number of nitrogens with one attached hydrogen (secondary N) is 1. The number of aromatic nitrogens is 1. The van der Waals surface area contributed by atoms with Gasteiger partial charge in [-0.2, -0.15) is 0 Å². The summed E-state index contributed by atoms with van der Waals surface area (Å²) in [5.74, 6) is 0.251. The summed E-state index contributed by atoms with van der Waals surface area (Å²) in [6, 6.07) is 13.5. The molecule has 2 heterocycles. The Labute approximate surface area is 206 Å². The molecule has 3 aromatic rings. The summed E-state index contributed by atoms with van der Waals surface area (Å²) in [7, 11) is 0. The Morgan fingerprint density at radius 1 is 1.03 bits per heavy atom. The van der Waals surface area contributed by atoms with Gasteiger partial charge in [-0.1, -0.05) is 36.4 Å². The minimum Gasteiger partial charge on any atom is -0.491 e. The number of carbonyl (C=O) groups is 2. The minimum absolute atomic E-state index is 0.248. The molecule has 35 heavy (non-hydrogen) atoms. The monoisotopic (exact) mass is 475 g/mol. The van der Waals surface area contributed by atoms with E-state index in [9.17, 15) is 9.59 Å². The van der Waals surface area contributed by atoms with Crippen LogP contribution >= 0.6 is 0 Å². The van der Waals surface area contributed by atoms with Crippen LogP contribution in [-0.4, -0.2) is 40.6 Å². The lowest BCUT2D eigenvalue weighted by Crippen LogP contribution is -2.41. The van der Waals surface area contributed by atoms with Gasteiger partial charge in [0.25, 0.3) is 5.91 Å². The third kappa shape index (κ3) is 5.24. The fraction of sp³-hybridized carbons (Fsp3) is 0.393. The van der Waals surface area contributed by atoms with Gasteiger partial charge in [-0.25, -0.2) is 4.79 Å². The fourth-order valence-electron chi connectivity index (χ4n) is 4.33. The molecular formula is C28H33N3O4. The van der Waals surface area contributed by atoms with Gasteiger partial charge in [0.2, 0.25) is 0 Å². The maximum absolute atomic E-state index is 13.5. The predicted octanol–water partition coefficient (Wildman–Crippen LogP) is 5.34. The maximum Gasteiger partial charge on any atom is 0.410 e. The van der Waals surface area contributed by atoms with Crippen molar-refractivity contribution in [3.63, 3.8) is 0 Å². The van der Waals surface area contributed by atoms with Gasteiger partial charge >= 0.3 is 6.09 Å². The Morgan fingerprint density at radius 2 is 1.74 bits per heavy atom. The van der Waals surface area contributed by atoms with E-state index in [1.807, 2.05) is 78.1 Å². The van der Waals surface area contributed by atoms with Crippen molar-refractivity contribution in [2.24, 2.45) is 0 Å². The molecule has 0 unspecified atom stereocenters. The Balaban J connectivity index is 1.61. The number of fused-ring (bicyclic) bond motifs is 2. The summed E-state index contributed by atoms with van der Waals surface area (Å²) in [5, 5.41) is 5.29. The van der Waals surface area contributed by atoms with Gasteiger partial charge in [0.15, 0.2) is 0 Å². The molecule has 0 spiro atoms.